The number of carbonyl (C=O) groups excluding carboxylic acids is 1. The van der Waals surface area contributed by atoms with Crippen LogP contribution in [-0.2, 0) is 14.3 Å². The molecule has 0 aromatic carbocycles. The van der Waals surface area contributed by atoms with Crippen LogP contribution in [0.25, 0.3) is 0 Å². The third-order valence-corrected chi connectivity index (χ3v) is 3.48. The molecule has 1 aliphatic rings. The van der Waals surface area contributed by atoms with Crippen LogP contribution in [0.3, 0.4) is 0 Å². The fourth-order valence-corrected chi connectivity index (χ4v) is 2.43. The van der Waals surface area contributed by atoms with Gasteiger partial charge in [-0.05, 0) is 25.7 Å². The summed E-state index contributed by atoms with van der Waals surface area (Å²) >= 11 is 0. The van der Waals surface area contributed by atoms with Crippen LogP contribution in [0.4, 0.5) is 0 Å². The quantitative estimate of drug-likeness (QED) is 0.680. The zero-order valence-corrected chi connectivity index (χ0v) is 12.8. The van der Waals surface area contributed by atoms with E-state index in [0.717, 1.165) is 32.2 Å². The van der Waals surface area contributed by atoms with Crippen LogP contribution in [0, 0.1) is 5.92 Å². The monoisotopic (exact) mass is 294 g/mol. The number of hydrogen-bond acceptors (Lipinski definition) is 4. The van der Waals surface area contributed by atoms with E-state index < -0.39 is 0 Å². The first-order chi connectivity index (χ1) is 8.69. The number of methoxy groups -OCH3 is 2. The molecule has 0 spiro atoms. The first-order valence-electron chi connectivity index (χ1n) is 6.71. The summed E-state index contributed by atoms with van der Waals surface area (Å²) in [6.45, 7) is 2.66. The molecule has 2 atom stereocenters. The molecule has 0 aromatic rings. The van der Waals surface area contributed by atoms with E-state index in [1.54, 1.807) is 14.2 Å². The largest absolute Gasteiger partial charge is 0.385 e. The highest BCUT2D eigenvalue weighted by molar-refractivity contribution is 5.85. The van der Waals surface area contributed by atoms with Crippen LogP contribution in [0.2, 0.25) is 0 Å². The van der Waals surface area contributed by atoms with E-state index in [1.807, 2.05) is 4.90 Å². The fraction of sp³-hybridized carbons (Fsp3) is 0.923. The second kappa shape index (κ2) is 10.4. The molecule has 0 aliphatic heterocycles. The molecule has 1 saturated carbocycles. The van der Waals surface area contributed by atoms with Crippen molar-refractivity contribution in [3.63, 3.8) is 0 Å². The van der Waals surface area contributed by atoms with E-state index in [0.29, 0.717) is 19.8 Å². The van der Waals surface area contributed by atoms with Gasteiger partial charge >= 0.3 is 0 Å². The minimum atomic E-state index is 0. The van der Waals surface area contributed by atoms with Gasteiger partial charge in [0.2, 0.25) is 5.91 Å². The standard InChI is InChI=1S/C13H26N2O3.ClH/c1-17-8-3-6-15(7-9-18-2)13(16)11-4-5-12(14)10-11;/h11-12H,3-10,14H2,1-2H3;1H. The molecule has 1 rings (SSSR count). The van der Waals surface area contributed by atoms with Crippen LogP contribution >= 0.6 is 12.4 Å². The van der Waals surface area contributed by atoms with Crippen molar-refractivity contribution in [2.45, 2.75) is 31.7 Å². The molecule has 1 amide bonds. The maximum Gasteiger partial charge on any atom is 0.225 e. The van der Waals surface area contributed by atoms with Gasteiger partial charge in [0.15, 0.2) is 0 Å². The molecule has 5 nitrogen and oxygen atoms in total. The number of nitrogens with two attached hydrogens (primary N) is 1. The van der Waals surface area contributed by atoms with Crippen molar-refractivity contribution in [3.05, 3.63) is 0 Å². The zero-order valence-electron chi connectivity index (χ0n) is 12.0. The van der Waals surface area contributed by atoms with Crippen molar-refractivity contribution in [2.75, 3.05) is 40.5 Å². The Balaban J connectivity index is 0.00000324. The molecule has 2 N–H and O–H groups in total. The minimum Gasteiger partial charge on any atom is -0.385 e. The summed E-state index contributed by atoms with van der Waals surface area (Å²) in [6, 6.07) is 0.196. The molecular formula is C13H27ClN2O3. The van der Waals surface area contributed by atoms with Gasteiger partial charge in [-0.2, -0.15) is 0 Å². The number of rotatable bonds is 8. The van der Waals surface area contributed by atoms with Gasteiger partial charge in [-0.1, -0.05) is 0 Å². The summed E-state index contributed by atoms with van der Waals surface area (Å²) in [5.41, 5.74) is 5.87. The average Bonchev–Trinajstić information content (AvgIpc) is 2.79. The lowest BCUT2D eigenvalue weighted by molar-refractivity contribution is -0.136. The van der Waals surface area contributed by atoms with Crippen molar-refractivity contribution in [1.82, 2.24) is 4.90 Å². The van der Waals surface area contributed by atoms with Gasteiger partial charge in [-0.15, -0.1) is 12.4 Å². The zero-order chi connectivity index (χ0) is 13.4. The van der Waals surface area contributed by atoms with Gasteiger partial charge in [-0.3, -0.25) is 4.79 Å². The lowest BCUT2D eigenvalue weighted by Gasteiger charge is -2.25. The number of ether oxygens (including phenoxy) is 2. The summed E-state index contributed by atoms with van der Waals surface area (Å²) in [5.74, 6) is 0.343. The Morgan fingerprint density at radius 1 is 1.21 bits per heavy atom. The lowest BCUT2D eigenvalue weighted by atomic mass is 10.1. The second-order valence-corrected chi connectivity index (χ2v) is 4.93. The summed E-state index contributed by atoms with van der Waals surface area (Å²) in [5, 5.41) is 0. The van der Waals surface area contributed by atoms with Crippen molar-refractivity contribution >= 4 is 18.3 Å². The number of nitrogens with zero attached hydrogens (tertiary/aromatic N) is 1. The van der Waals surface area contributed by atoms with E-state index in [1.165, 1.54) is 0 Å². The van der Waals surface area contributed by atoms with Crippen molar-refractivity contribution in [1.29, 1.82) is 0 Å². The third-order valence-electron chi connectivity index (χ3n) is 3.48. The molecule has 114 valence electrons. The maximum absolute atomic E-state index is 12.4. The molecule has 19 heavy (non-hydrogen) atoms. The van der Waals surface area contributed by atoms with Gasteiger partial charge < -0.3 is 20.1 Å². The Bertz CT molecular complexity index is 254. The minimum absolute atomic E-state index is 0. The molecule has 1 fully saturated rings. The van der Waals surface area contributed by atoms with Gasteiger partial charge in [0, 0.05) is 45.9 Å². The van der Waals surface area contributed by atoms with E-state index in [-0.39, 0.29) is 30.3 Å². The van der Waals surface area contributed by atoms with Gasteiger partial charge in [0.1, 0.15) is 0 Å². The first-order valence-corrected chi connectivity index (χ1v) is 6.71. The number of amides is 1. The smallest absolute Gasteiger partial charge is 0.225 e. The highest BCUT2D eigenvalue weighted by atomic mass is 35.5. The molecule has 6 heteroatoms. The van der Waals surface area contributed by atoms with Gasteiger partial charge in [-0.25, -0.2) is 0 Å². The van der Waals surface area contributed by atoms with Gasteiger partial charge in [0.25, 0.3) is 0 Å². The van der Waals surface area contributed by atoms with Gasteiger partial charge in [0.05, 0.1) is 6.61 Å². The topological polar surface area (TPSA) is 64.8 Å². The fourth-order valence-electron chi connectivity index (χ4n) is 2.43. The summed E-state index contributed by atoms with van der Waals surface area (Å²) in [7, 11) is 3.33. The second-order valence-electron chi connectivity index (χ2n) is 4.93. The number of hydrogen-bond donors (Lipinski definition) is 1. The molecule has 0 radical (unpaired) electrons. The number of halogens is 1. The number of carbonyl (C=O) groups is 1. The molecule has 0 saturated heterocycles. The predicted molar refractivity (Wildman–Crippen MR) is 77.5 cm³/mol. The Morgan fingerprint density at radius 3 is 2.42 bits per heavy atom. The van der Waals surface area contributed by atoms with Crippen LogP contribution < -0.4 is 5.73 Å². The Kier molecular flexibility index (Phi) is 10.2. The van der Waals surface area contributed by atoms with E-state index in [4.69, 9.17) is 15.2 Å². The normalized spacial score (nSPS) is 22.1. The molecular weight excluding hydrogens is 268 g/mol. The Hall–Kier alpha value is -0.360. The van der Waals surface area contributed by atoms with E-state index in [2.05, 4.69) is 0 Å². The maximum atomic E-state index is 12.4. The van der Waals surface area contributed by atoms with Crippen molar-refractivity contribution in [2.24, 2.45) is 11.7 Å². The van der Waals surface area contributed by atoms with E-state index >= 15 is 0 Å². The third kappa shape index (κ3) is 6.56. The predicted octanol–water partition coefficient (Wildman–Crippen LogP) is 1.05. The lowest BCUT2D eigenvalue weighted by Crippen LogP contribution is -2.39. The SMILES string of the molecule is COCCCN(CCOC)C(=O)C1CCC(N)C1.Cl. The van der Waals surface area contributed by atoms with E-state index in [9.17, 15) is 4.79 Å². The van der Waals surface area contributed by atoms with Crippen LogP contribution in [0.1, 0.15) is 25.7 Å². The van der Waals surface area contributed by atoms with Crippen molar-refractivity contribution < 1.29 is 14.3 Å². The molecule has 0 aromatic heterocycles. The molecule has 0 heterocycles. The summed E-state index contributed by atoms with van der Waals surface area (Å²) < 4.78 is 10.1. The highest BCUT2D eigenvalue weighted by Crippen LogP contribution is 2.26. The molecule has 2 unspecified atom stereocenters. The van der Waals surface area contributed by atoms with Crippen LogP contribution in [0.5, 0.6) is 0 Å². The summed E-state index contributed by atoms with van der Waals surface area (Å²) in [6.07, 6.45) is 3.58. The Morgan fingerprint density at radius 2 is 1.89 bits per heavy atom. The highest BCUT2D eigenvalue weighted by Gasteiger charge is 2.30. The molecule has 1 aliphatic carbocycles. The van der Waals surface area contributed by atoms with Crippen LogP contribution in [0.15, 0.2) is 0 Å². The average molecular weight is 295 g/mol. The summed E-state index contributed by atoms with van der Waals surface area (Å²) in [4.78, 5) is 14.3. The van der Waals surface area contributed by atoms with Crippen LogP contribution in [-0.4, -0.2) is 57.4 Å². The Labute approximate surface area is 122 Å². The van der Waals surface area contributed by atoms with Crippen molar-refractivity contribution in [3.8, 4) is 0 Å². The first kappa shape index (κ1) is 18.6. The molecule has 0 bridgehead atoms.